The number of thioether (sulfide) groups is 1. The molecule has 0 saturated carbocycles. The first kappa shape index (κ1) is 15.6. The van der Waals surface area contributed by atoms with E-state index in [-0.39, 0.29) is 11.7 Å². The average Bonchev–Trinajstić information content (AvgIpc) is 3.14. The van der Waals surface area contributed by atoms with E-state index in [0.29, 0.717) is 5.16 Å². The Kier molecular flexibility index (Phi) is 4.68. The second-order valence-corrected chi connectivity index (χ2v) is 6.72. The van der Waals surface area contributed by atoms with Gasteiger partial charge in [-0.05, 0) is 23.4 Å². The molecule has 0 saturated heterocycles. The van der Waals surface area contributed by atoms with Crippen LogP contribution >= 0.6 is 23.1 Å². The van der Waals surface area contributed by atoms with Gasteiger partial charge in [0.1, 0.15) is 0 Å². The molecular weight excluding hydrogens is 332 g/mol. The first-order valence-electron chi connectivity index (χ1n) is 6.80. The number of carbonyl (C=O) groups is 1. The Hall–Kier alpha value is -2.26. The monoisotopic (exact) mass is 346 g/mol. The summed E-state index contributed by atoms with van der Waals surface area (Å²) in [6, 6.07) is 7.64. The third-order valence-corrected chi connectivity index (χ3v) is 4.79. The number of nitrogens with zero attached hydrogens (tertiary/aromatic N) is 5. The Bertz CT molecular complexity index is 828. The summed E-state index contributed by atoms with van der Waals surface area (Å²) in [6.45, 7) is 1.96. The minimum atomic E-state index is -0.114. The molecule has 23 heavy (non-hydrogen) atoms. The van der Waals surface area contributed by atoms with E-state index in [1.54, 1.807) is 18.4 Å². The molecule has 2 aromatic heterocycles. The molecule has 2 heterocycles. The van der Waals surface area contributed by atoms with Crippen molar-refractivity contribution in [3.63, 3.8) is 0 Å². The van der Waals surface area contributed by atoms with Crippen molar-refractivity contribution in [1.29, 1.82) is 0 Å². The van der Waals surface area contributed by atoms with Gasteiger partial charge in [-0.3, -0.25) is 4.79 Å². The predicted molar refractivity (Wildman–Crippen MR) is 90.4 cm³/mol. The molecule has 1 aromatic carbocycles. The summed E-state index contributed by atoms with van der Waals surface area (Å²) in [5, 5.41) is 17.6. The Morgan fingerprint density at radius 3 is 2.91 bits per heavy atom. The first-order chi connectivity index (χ1) is 11.1. The van der Waals surface area contributed by atoms with E-state index < -0.39 is 0 Å². The number of aromatic nitrogens is 5. The first-order valence-corrected chi connectivity index (χ1v) is 8.66. The number of carbonyl (C=O) groups excluding carboxylic acids is 1. The van der Waals surface area contributed by atoms with Crippen LogP contribution in [0.1, 0.15) is 5.01 Å². The van der Waals surface area contributed by atoms with E-state index in [9.17, 15) is 4.79 Å². The maximum absolute atomic E-state index is 12.2. The molecule has 0 unspecified atom stereocenters. The lowest BCUT2D eigenvalue weighted by molar-refractivity contribution is -0.113. The van der Waals surface area contributed by atoms with Crippen molar-refractivity contribution in [3.8, 4) is 11.3 Å². The highest BCUT2D eigenvalue weighted by Gasteiger charge is 2.12. The van der Waals surface area contributed by atoms with Crippen LogP contribution in [0.3, 0.4) is 0 Å². The summed E-state index contributed by atoms with van der Waals surface area (Å²) in [5.41, 5.74) is 2.53. The number of tetrazole rings is 1. The van der Waals surface area contributed by atoms with Crippen molar-refractivity contribution >= 4 is 34.7 Å². The summed E-state index contributed by atoms with van der Waals surface area (Å²) in [7, 11) is 1.74. The number of thiazole rings is 1. The van der Waals surface area contributed by atoms with Gasteiger partial charge in [0.15, 0.2) is 0 Å². The van der Waals surface area contributed by atoms with Gasteiger partial charge < -0.3 is 5.32 Å². The normalized spacial score (nSPS) is 10.7. The fourth-order valence-electron chi connectivity index (χ4n) is 1.96. The van der Waals surface area contributed by atoms with Gasteiger partial charge in [-0.15, -0.1) is 16.4 Å². The number of aryl methyl sites for hydroxylation is 2. The molecule has 0 radical (unpaired) electrons. The molecule has 0 bridgehead atoms. The number of amides is 1. The Labute approximate surface area is 141 Å². The highest BCUT2D eigenvalue weighted by molar-refractivity contribution is 7.99. The Morgan fingerprint density at radius 2 is 2.22 bits per heavy atom. The average molecular weight is 346 g/mol. The smallest absolute Gasteiger partial charge is 0.234 e. The fraction of sp³-hybridized carbons (Fsp3) is 0.214. The molecule has 9 heteroatoms. The van der Waals surface area contributed by atoms with Crippen LogP contribution < -0.4 is 5.32 Å². The highest BCUT2D eigenvalue weighted by atomic mass is 32.2. The third-order valence-electron chi connectivity index (χ3n) is 3.01. The van der Waals surface area contributed by atoms with Crippen LogP contribution in [-0.4, -0.2) is 36.9 Å². The van der Waals surface area contributed by atoms with Crippen LogP contribution in [0.25, 0.3) is 11.3 Å². The number of anilines is 1. The van der Waals surface area contributed by atoms with Gasteiger partial charge in [0.25, 0.3) is 0 Å². The Morgan fingerprint density at radius 1 is 1.39 bits per heavy atom. The van der Waals surface area contributed by atoms with Crippen LogP contribution in [0.4, 0.5) is 5.69 Å². The van der Waals surface area contributed by atoms with Gasteiger partial charge >= 0.3 is 0 Å². The molecule has 0 aliphatic carbocycles. The van der Waals surface area contributed by atoms with Crippen molar-refractivity contribution in [2.75, 3.05) is 11.1 Å². The molecule has 1 amide bonds. The van der Waals surface area contributed by atoms with Crippen LogP contribution in [0.2, 0.25) is 0 Å². The van der Waals surface area contributed by atoms with Crippen molar-refractivity contribution in [2.24, 2.45) is 7.05 Å². The number of para-hydroxylation sites is 1. The summed E-state index contributed by atoms with van der Waals surface area (Å²) in [5.74, 6) is 0.121. The fourth-order valence-corrected chi connectivity index (χ4v) is 3.23. The third kappa shape index (κ3) is 3.74. The molecule has 118 valence electrons. The molecule has 0 atom stereocenters. The predicted octanol–water partition coefficient (Wildman–Crippen LogP) is 2.37. The maximum Gasteiger partial charge on any atom is 0.234 e. The van der Waals surface area contributed by atoms with Crippen LogP contribution in [0.15, 0.2) is 34.8 Å². The standard InChI is InChI=1S/C14H14N6OS2/c1-9-15-12(7-22-9)10-5-3-4-6-11(10)16-13(21)8-23-14-17-18-19-20(14)2/h3-7H,8H2,1-2H3,(H,16,21). The van der Waals surface area contributed by atoms with Crippen molar-refractivity contribution in [3.05, 3.63) is 34.7 Å². The molecule has 7 nitrogen and oxygen atoms in total. The topological polar surface area (TPSA) is 85.6 Å². The summed E-state index contributed by atoms with van der Waals surface area (Å²) in [4.78, 5) is 16.7. The minimum Gasteiger partial charge on any atom is -0.325 e. The lowest BCUT2D eigenvalue weighted by Crippen LogP contribution is -2.15. The summed E-state index contributed by atoms with van der Waals surface area (Å²) >= 11 is 2.87. The lowest BCUT2D eigenvalue weighted by Gasteiger charge is -2.09. The van der Waals surface area contributed by atoms with Crippen LogP contribution in [-0.2, 0) is 11.8 Å². The van der Waals surface area contributed by atoms with E-state index >= 15 is 0 Å². The van der Waals surface area contributed by atoms with E-state index in [2.05, 4.69) is 25.8 Å². The second-order valence-electron chi connectivity index (χ2n) is 4.72. The molecule has 3 aromatic rings. The zero-order valence-electron chi connectivity index (χ0n) is 12.6. The van der Waals surface area contributed by atoms with E-state index in [1.807, 2.05) is 36.6 Å². The van der Waals surface area contributed by atoms with Crippen LogP contribution in [0.5, 0.6) is 0 Å². The molecule has 0 fully saturated rings. The van der Waals surface area contributed by atoms with E-state index in [1.165, 1.54) is 16.4 Å². The van der Waals surface area contributed by atoms with Gasteiger partial charge in [0.05, 0.1) is 22.1 Å². The molecule has 3 rings (SSSR count). The van der Waals surface area contributed by atoms with Gasteiger partial charge in [-0.1, -0.05) is 30.0 Å². The molecule has 0 spiro atoms. The lowest BCUT2D eigenvalue weighted by atomic mass is 10.1. The molecule has 1 N–H and O–H groups in total. The number of hydrogen-bond donors (Lipinski definition) is 1. The number of rotatable bonds is 5. The van der Waals surface area contributed by atoms with Gasteiger partial charge in [0, 0.05) is 18.0 Å². The maximum atomic E-state index is 12.2. The van der Waals surface area contributed by atoms with Crippen molar-refractivity contribution in [2.45, 2.75) is 12.1 Å². The SMILES string of the molecule is Cc1nc(-c2ccccc2NC(=O)CSc2nnnn2C)cs1. The van der Waals surface area contributed by atoms with Gasteiger partial charge in [0.2, 0.25) is 11.1 Å². The number of benzene rings is 1. The Balaban J connectivity index is 1.70. The second kappa shape index (κ2) is 6.88. The quantitative estimate of drug-likeness (QED) is 0.714. The molecule has 0 aliphatic heterocycles. The van der Waals surface area contributed by atoms with Gasteiger partial charge in [-0.2, -0.15) is 0 Å². The van der Waals surface area contributed by atoms with Gasteiger partial charge in [-0.25, -0.2) is 9.67 Å². The zero-order valence-corrected chi connectivity index (χ0v) is 14.2. The largest absolute Gasteiger partial charge is 0.325 e. The number of nitrogens with one attached hydrogen (secondary N) is 1. The van der Waals surface area contributed by atoms with Crippen molar-refractivity contribution in [1.82, 2.24) is 25.2 Å². The minimum absolute atomic E-state index is 0.114. The highest BCUT2D eigenvalue weighted by Crippen LogP contribution is 2.29. The van der Waals surface area contributed by atoms with E-state index in [4.69, 9.17) is 0 Å². The number of hydrogen-bond acceptors (Lipinski definition) is 7. The van der Waals surface area contributed by atoms with Crippen LogP contribution in [0, 0.1) is 6.92 Å². The van der Waals surface area contributed by atoms with E-state index in [0.717, 1.165) is 22.0 Å². The zero-order chi connectivity index (χ0) is 16.2. The van der Waals surface area contributed by atoms with Crippen molar-refractivity contribution < 1.29 is 4.79 Å². The summed E-state index contributed by atoms with van der Waals surface area (Å²) < 4.78 is 1.53. The summed E-state index contributed by atoms with van der Waals surface area (Å²) in [6.07, 6.45) is 0. The molecule has 0 aliphatic rings. The molecular formula is C14H14N6OS2.